The molecular formula is C13H13NO. The van der Waals surface area contributed by atoms with Crippen LogP contribution in [0.3, 0.4) is 0 Å². The van der Waals surface area contributed by atoms with E-state index in [1.165, 1.54) is 0 Å². The Hall–Kier alpha value is -1.83. The second kappa shape index (κ2) is 3.39. The number of nitrogens with zero attached hydrogens (tertiary/aromatic N) is 1. The molecule has 76 valence electrons. The Morgan fingerprint density at radius 2 is 1.93 bits per heavy atom. The fourth-order valence-electron chi connectivity index (χ4n) is 1.99. The molecule has 0 radical (unpaired) electrons. The molecule has 0 bridgehead atoms. The van der Waals surface area contributed by atoms with Crippen LogP contribution in [-0.2, 0) is 0 Å². The van der Waals surface area contributed by atoms with Gasteiger partial charge in [0.05, 0.1) is 0 Å². The van der Waals surface area contributed by atoms with Crippen molar-refractivity contribution in [3.63, 3.8) is 0 Å². The van der Waals surface area contributed by atoms with Gasteiger partial charge in [-0.3, -0.25) is 4.99 Å². The number of fused-ring (bicyclic) bond motifs is 1. The van der Waals surface area contributed by atoms with Crippen molar-refractivity contribution < 1.29 is 5.11 Å². The highest BCUT2D eigenvalue weighted by molar-refractivity contribution is 5.97. The SMILES string of the molecule is C=Nc1cc(C)c2c(C)cccc2c1O. The summed E-state index contributed by atoms with van der Waals surface area (Å²) in [6.45, 7) is 7.51. The lowest BCUT2D eigenvalue weighted by Gasteiger charge is -2.09. The van der Waals surface area contributed by atoms with E-state index < -0.39 is 0 Å². The van der Waals surface area contributed by atoms with Gasteiger partial charge >= 0.3 is 0 Å². The summed E-state index contributed by atoms with van der Waals surface area (Å²) in [6, 6.07) is 7.73. The highest BCUT2D eigenvalue weighted by atomic mass is 16.3. The molecule has 2 rings (SSSR count). The van der Waals surface area contributed by atoms with Gasteiger partial charge in [0.15, 0.2) is 0 Å². The first kappa shape index (κ1) is 9.71. The van der Waals surface area contributed by atoms with E-state index >= 15 is 0 Å². The van der Waals surface area contributed by atoms with Gasteiger partial charge in [0.1, 0.15) is 11.4 Å². The number of aromatic hydroxyl groups is 1. The van der Waals surface area contributed by atoms with E-state index in [9.17, 15) is 5.11 Å². The number of benzene rings is 2. The van der Waals surface area contributed by atoms with Crippen LogP contribution >= 0.6 is 0 Å². The fraction of sp³-hybridized carbons (Fsp3) is 0.154. The second-order valence-corrected chi connectivity index (χ2v) is 3.72. The molecule has 0 aliphatic rings. The molecule has 0 amide bonds. The Morgan fingerprint density at radius 3 is 2.60 bits per heavy atom. The maximum absolute atomic E-state index is 9.96. The van der Waals surface area contributed by atoms with Gasteiger partial charge in [-0.2, -0.15) is 0 Å². The number of phenols is 1. The van der Waals surface area contributed by atoms with Crippen LogP contribution in [0.25, 0.3) is 10.8 Å². The molecule has 2 aromatic carbocycles. The van der Waals surface area contributed by atoms with Crippen LogP contribution in [-0.4, -0.2) is 11.8 Å². The Labute approximate surface area is 88.9 Å². The van der Waals surface area contributed by atoms with Gasteiger partial charge in [0, 0.05) is 5.39 Å². The fourth-order valence-corrected chi connectivity index (χ4v) is 1.99. The average molecular weight is 199 g/mol. The third-order valence-electron chi connectivity index (χ3n) is 2.69. The van der Waals surface area contributed by atoms with Crippen LogP contribution in [0.2, 0.25) is 0 Å². The van der Waals surface area contributed by atoms with Crippen molar-refractivity contribution in [2.24, 2.45) is 4.99 Å². The predicted octanol–water partition coefficient (Wildman–Crippen LogP) is 3.49. The Balaban J connectivity index is 2.99. The summed E-state index contributed by atoms with van der Waals surface area (Å²) in [5.41, 5.74) is 2.82. The summed E-state index contributed by atoms with van der Waals surface area (Å²) in [6.07, 6.45) is 0. The zero-order valence-electron chi connectivity index (χ0n) is 8.91. The number of aryl methyl sites for hydroxylation is 2. The third kappa shape index (κ3) is 1.38. The molecule has 2 nitrogen and oxygen atoms in total. The number of hydrogen-bond donors (Lipinski definition) is 1. The van der Waals surface area contributed by atoms with Crippen molar-refractivity contribution in [3.05, 3.63) is 35.4 Å². The number of hydrogen-bond acceptors (Lipinski definition) is 2. The average Bonchev–Trinajstić information content (AvgIpc) is 2.23. The van der Waals surface area contributed by atoms with Gasteiger partial charge in [-0.05, 0) is 43.1 Å². The van der Waals surface area contributed by atoms with E-state index in [4.69, 9.17) is 0 Å². The van der Waals surface area contributed by atoms with Gasteiger partial charge in [0.2, 0.25) is 0 Å². The topological polar surface area (TPSA) is 32.6 Å². The summed E-state index contributed by atoms with van der Waals surface area (Å²) in [5, 5.41) is 11.9. The molecule has 0 aliphatic carbocycles. The summed E-state index contributed by atoms with van der Waals surface area (Å²) in [4.78, 5) is 3.81. The van der Waals surface area contributed by atoms with Crippen molar-refractivity contribution >= 4 is 23.2 Å². The lowest BCUT2D eigenvalue weighted by Crippen LogP contribution is -1.84. The van der Waals surface area contributed by atoms with Crippen LogP contribution in [0, 0.1) is 13.8 Å². The lowest BCUT2D eigenvalue weighted by atomic mass is 9.99. The molecule has 2 heteroatoms. The maximum Gasteiger partial charge on any atom is 0.148 e. The van der Waals surface area contributed by atoms with E-state index in [0.717, 1.165) is 21.9 Å². The molecule has 0 spiro atoms. The summed E-state index contributed by atoms with van der Waals surface area (Å²) in [5.74, 6) is 0.217. The molecule has 0 atom stereocenters. The zero-order chi connectivity index (χ0) is 11.0. The van der Waals surface area contributed by atoms with Gasteiger partial charge in [0.25, 0.3) is 0 Å². The van der Waals surface area contributed by atoms with Crippen molar-refractivity contribution in [3.8, 4) is 5.75 Å². The first-order chi connectivity index (χ1) is 7.15. The van der Waals surface area contributed by atoms with Crippen LogP contribution < -0.4 is 0 Å². The molecule has 0 saturated heterocycles. The molecule has 0 saturated carbocycles. The minimum atomic E-state index is 0.217. The first-order valence-corrected chi connectivity index (χ1v) is 4.83. The van der Waals surface area contributed by atoms with E-state index in [2.05, 4.69) is 11.7 Å². The maximum atomic E-state index is 9.96. The monoisotopic (exact) mass is 199 g/mol. The lowest BCUT2D eigenvalue weighted by molar-refractivity contribution is 0.483. The van der Waals surface area contributed by atoms with Gasteiger partial charge in [-0.25, -0.2) is 0 Å². The van der Waals surface area contributed by atoms with Crippen LogP contribution in [0.5, 0.6) is 5.75 Å². The van der Waals surface area contributed by atoms with Crippen molar-refractivity contribution in [1.82, 2.24) is 0 Å². The molecule has 0 fully saturated rings. The highest BCUT2D eigenvalue weighted by Crippen LogP contribution is 2.37. The van der Waals surface area contributed by atoms with Gasteiger partial charge in [-0.15, -0.1) is 0 Å². The highest BCUT2D eigenvalue weighted by Gasteiger charge is 2.09. The van der Waals surface area contributed by atoms with E-state index in [0.29, 0.717) is 5.69 Å². The van der Waals surface area contributed by atoms with Crippen LogP contribution in [0.4, 0.5) is 5.69 Å². The van der Waals surface area contributed by atoms with Crippen molar-refractivity contribution in [2.45, 2.75) is 13.8 Å². The minimum absolute atomic E-state index is 0.217. The molecule has 0 unspecified atom stereocenters. The smallest absolute Gasteiger partial charge is 0.148 e. The number of rotatable bonds is 1. The van der Waals surface area contributed by atoms with Gasteiger partial charge < -0.3 is 5.11 Å². The normalized spacial score (nSPS) is 10.5. The minimum Gasteiger partial charge on any atom is -0.505 e. The largest absolute Gasteiger partial charge is 0.505 e. The quantitative estimate of drug-likeness (QED) is 0.700. The standard InChI is InChI=1S/C13H13NO/c1-8-5-4-6-10-12(8)9(2)7-11(14-3)13(10)15/h4-7,15H,3H2,1-2H3. The molecule has 0 aliphatic heterocycles. The summed E-state index contributed by atoms with van der Waals surface area (Å²) in [7, 11) is 0. The molecule has 0 aromatic heterocycles. The Morgan fingerprint density at radius 1 is 1.20 bits per heavy atom. The van der Waals surface area contributed by atoms with Crippen molar-refractivity contribution in [2.75, 3.05) is 0 Å². The molecule has 0 heterocycles. The Kier molecular flexibility index (Phi) is 2.19. The van der Waals surface area contributed by atoms with Crippen molar-refractivity contribution in [1.29, 1.82) is 0 Å². The molecule has 2 aromatic rings. The zero-order valence-corrected chi connectivity index (χ0v) is 8.91. The van der Waals surface area contributed by atoms with Crippen LogP contribution in [0.1, 0.15) is 11.1 Å². The number of phenolic OH excluding ortho intramolecular Hbond substituents is 1. The third-order valence-corrected chi connectivity index (χ3v) is 2.69. The van der Waals surface area contributed by atoms with Gasteiger partial charge in [-0.1, -0.05) is 18.2 Å². The Bertz CT molecular complexity index is 544. The second-order valence-electron chi connectivity index (χ2n) is 3.72. The van der Waals surface area contributed by atoms with E-state index in [1.807, 2.05) is 38.1 Å². The van der Waals surface area contributed by atoms with E-state index in [1.54, 1.807) is 0 Å². The van der Waals surface area contributed by atoms with Crippen LogP contribution in [0.15, 0.2) is 29.3 Å². The summed E-state index contributed by atoms with van der Waals surface area (Å²) < 4.78 is 0. The molecule has 1 N–H and O–H groups in total. The summed E-state index contributed by atoms with van der Waals surface area (Å²) >= 11 is 0. The molecule has 15 heavy (non-hydrogen) atoms. The molecular weight excluding hydrogens is 186 g/mol. The number of aliphatic imine (C=N–C) groups is 1. The first-order valence-electron chi connectivity index (χ1n) is 4.83. The predicted molar refractivity (Wildman–Crippen MR) is 64.3 cm³/mol. The van der Waals surface area contributed by atoms with E-state index in [-0.39, 0.29) is 5.75 Å².